The molecule has 1 amide bonds. The molecule has 1 aromatic carbocycles. The number of cyclic esters (lactones) is 1. The van der Waals surface area contributed by atoms with Crippen LogP contribution in [0, 0.1) is 13.8 Å². The van der Waals surface area contributed by atoms with Crippen LogP contribution in [0.3, 0.4) is 0 Å². The molecule has 2 rings (SSSR count). The molecule has 16 heavy (non-hydrogen) atoms. The van der Waals surface area contributed by atoms with Gasteiger partial charge in [0.15, 0.2) is 0 Å². The fraction of sp³-hybridized carbons (Fsp3) is 0.417. The third-order valence-corrected chi connectivity index (χ3v) is 2.91. The predicted molar refractivity (Wildman–Crippen MR) is 62.6 cm³/mol. The molecule has 0 saturated carbocycles. The lowest BCUT2D eigenvalue weighted by Gasteiger charge is -2.23. The number of carbonyl (C=O) groups excluding carboxylic acids is 1. The molecule has 1 aliphatic rings. The van der Waals surface area contributed by atoms with Gasteiger partial charge in [-0.25, -0.2) is 4.79 Å². The van der Waals surface area contributed by atoms with Gasteiger partial charge in [0.25, 0.3) is 0 Å². The number of hydrogen-bond acceptors (Lipinski definition) is 3. The number of ether oxygens (including phenoxy) is 1. The molecular weight excluding hydrogens is 204 g/mol. The Labute approximate surface area is 95.0 Å². The Bertz CT molecular complexity index is 397. The first-order chi connectivity index (χ1) is 7.65. The van der Waals surface area contributed by atoms with E-state index in [4.69, 9.17) is 10.5 Å². The van der Waals surface area contributed by atoms with Crippen LogP contribution in [0.5, 0.6) is 0 Å². The minimum atomic E-state index is -0.298. The van der Waals surface area contributed by atoms with Crippen molar-refractivity contribution in [3.8, 4) is 0 Å². The molecule has 1 fully saturated rings. The summed E-state index contributed by atoms with van der Waals surface area (Å²) < 4.78 is 5.04. The Morgan fingerprint density at radius 3 is 2.62 bits per heavy atom. The first kappa shape index (κ1) is 11.0. The topological polar surface area (TPSA) is 55.6 Å². The molecule has 1 unspecified atom stereocenters. The molecule has 0 radical (unpaired) electrons. The Balaban J connectivity index is 2.46. The van der Waals surface area contributed by atoms with Gasteiger partial charge in [-0.15, -0.1) is 0 Å². The molecular formula is C12H16N2O2. The third kappa shape index (κ3) is 1.65. The van der Waals surface area contributed by atoms with Gasteiger partial charge in [-0.3, -0.25) is 4.90 Å². The Morgan fingerprint density at radius 1 is 1.44 bits per heavy atom. The Kier molecular flexibility index (Phi) is 2.83. The molecule has 0 aromatic heterocycles. The number of para-hydroxylation sites is 1. The Morgan fingerprint density at radius 2 is 2.06 bits per heavy atom. The van der Waals surface area contributed by atoms with E-state index in [1.165, 1.54) is 0 Å². The molecule has 1 aliphatic heterocycles. The van der Waals surface area contributed by atoms with Crippen molar-refractivity contribution in [1.29, 1.82) is 0 Å². The zero-order valence-electron chi connectivity index (χ0n) is 9.56. The second-order valence-corrected chi connectivity index (χ2v) is 4.08. The number of nitrogens with zero attached hydrogens (tertiary/aromatic N) is 1. The molecule has 0 bridgehead atoms. The molecule has 0 spiro atoms. The van der Waals surface area contributed by atoms with Crippen LogP contribution in [0.15, 0.2) is 18.2 Å². The van der Waals surface area contributed by atoms with Crippen LogP contribution in [0.2, 0.25) is 0 Å². The maximum Gasteiger partial charge on any atom is 0.414 e. The molecule has 1 atom stereocenters. The summed E-state index contributed by atoms with van der Waals surface area (Å²) in [7, 11) is 0. The molecule has 86 valence electrons. The number of amides is 1. The largest absolute Gasteiger partial charge is 0.447 e. The van der Waals surface area contributed by atoms with Gasteiger partial charge in [0, 0.05) is 6.54 Å². The molecule has 1 aromatic rings. The summed E-state index contributed by atoms with van der Waals surface area (Å²) in [4.78, 5) is 13.4. The van der Waals surface area contributed by atoms with Gasteiger partial charge in [0.2, 0.25) is 0 Å². The van der Waals surface area contributed by atoms with Crippen LogP contribution in [0.25, 0.3) is 0 Å². The lowest BCUT2D eigenvalue weighted by atomic mass is 10.1. The van der Waals surface area contributed by atoms with Crippen molar-refractivity contribution in [3.05, 3.63) is 29.3 Å². The van der Waals surface area contributed by atoms with E-state index in [2.05, 4.69) is 0 Å². The average Bonchev–Trinajstić information content (AvgIpc) is 2.60. The van der Waals surface area contributed by atoms with Gasteiger partial charge >= 0.3 is 6.09 Å². The van der Waals surface area contributed by atoms with Crippen LogP contribution < -0.4 is 10.6 Å². The highest BCUT2D eigenvalue weighted by Gasteiger charge is 2.34. The third-order valence-electron chi connectivity index (χ3n) is 2.91. The van der Waals surface area contributed by atoms with Gasteiger partial charge in [-0.1, -0.05) is 18.2 Å². The number of benzene rings is 1. The zero-order valence-corrected chi connectivity index (χ0v) is 9.56. The quantitative estimate of drug-likeness (QED) is 0.823. The van der Waals surface area contributed by atoms with Crippen molar-refractivity contribution in [2.45, 2.75) is 19.9 Å². The first-order valence-corrected chi connectivity index (χ1v) is 5.37. The number of aryl methyl sites for hydroxylation is 2. The fourth-order valence-corrected chi connectivity index (χ4v) is 2.09. The maximum absolute atomic E-state index is 11.7. The van der Waals surface area contributed by atoms with Gasteiger partial charge in [-0.2, -0.15) is 0 Å². The van der Waals surface area contributed by atoms with Gasteiger partial charge < -0.3 is 10.5 Å². The standard InChI is InChI=1S/C12H16N2O2/c1-8-4-3-5-9(2)11(8)14-10(6-13)7-16-12(14)15/h3-5,10H,6-7,13H2,1-2H3. The van der Waals surface area contributed by atoms with E-state index >= 15 is 0 Å². The number of rotatable bonds is 2. The van der Waals surface area contributed by atoms with E-state index in [1.807, 2.05) is 32.0 Å². The number of carbonyl (C=O) groups is 1. The minimum Gasteiger partial charge on any atom is -0.447 e. The second kappa shape index (κ2) is 4.14. The smallest absolute Gasteiger partial charge is 0.414 e. The normalized spacial score (nSPS) is 20.1. The van der Waals surface area contributed by atoms with Gasteiger partial charge in [0.05, 0.1) is 11.7 Å². The number of hydrogen-bond donors (Lipinski definition) is 1. The number of nitrogens with two attached hydrogens (primary N) is 1. The van der Waals surface area contributed by atoms with Crippen LogP contribution >= 0.6 is 0 Å². The number of anilines is 1. The summed E-state index contributed by atoms with van der Waals surface area (Å²) >= 11 is 0. The summed E-state index contributed by atoms with van der Waals surface area (Å²) in [6.07, 6.45) is -0.298. The molecule has 4 heteroatoms. The van der Waals surface area contributed by atoms with Crippen molar-refractivity contribution in [2.75, 3.05) is 18.1 Å². The van der Waals surface area contributed by atoms with Crippen molar-refractivity contribution in [1.82, 2.24) is 0 Å². The van der Waals surface area contributed by atoms with Crippen LogP contribution in [-0.4, -0.2) is 25.3 Å². The Hall–Kier alpha value is -1.55. The monoisotopic (exact) mass is 220 g/mol. The minimum absolute atomic E-state index is 0.0488. The van der Waals surface area contributed by atoms with Crippen LogP contribution in [0.1, 0.15) is 11.1 Å². The lowest BCUT2D eigenvalue weighted by Crippen LogP contribution is -2.39. The van der Waals surface area contributed by atoms with Crippen LogP contribution in [-0.2, 0) is 4.74 Å². The van der Waals surface area contributed by atoms with Crippen molar-refractivity contribution >= 4 is 11.8 Å². The van der Waals surface area contributed by atoms with E-state index in [-0.39, 0.29) is 12.1 Å². The van der Waals surface area contributed by atoms with E-state index in [9.17, 15) is 4.79 Å². The summed E-state index contributed by atoms with van der Waals surface area (Å²) in [6.45, 7) is 4.77. The molecule has 1 heterocycles. The van der Waals surface area contributed by atoms with Gasteiger partial charge in [0.1, 0.15) is 6.61 Å². The molecule has 4 nitrogen and oxygen atoms in total. The van der Waals surface area contributed by atoms with Crippen molar-refractivity contribution in [3.63, 3.8) is 0 Å². The summed E-state index contributed by atoms with van der Waals surface area (Å²) in [6, 6.07) is 5.91. The average molecular weight is 220 g/mol. The van der Waals surface area contributed by atoms with Crippen molar-refractivity contribution < 1.29 is 9.53 Å². The fourth-order valence-electron chi connectivity index (χ4n) is 2.09. The van der Waals surface area contributed by atoms with Gasteiger partial charge in [-0.05, 0) is 25.0 Å². The predicted octanol–water partition coefficient (Wildman–Crippen LogP) is 1.59. The second-order valence-electron chi connectivity index (χ2n) is 4.08. The molecule has 2 N–H and O–H groups in total. The summed E-state index contributed by atoms with van der Waals surface area (Å²) in [5.41, 5.74) is 8.71. The van der Waals surface area contributed by atoms with Crippen molar-refractivity contribution in [2.24, 2.45) is 5.73 Å². The van der Waals surface area contributed by atoms with E-state index in [0.29, 0.717) is 13.2 Å². The molecule has 1 saturated heterocycles. The highest BCUT2D eigenvalue weighted by molar-refractivity contribution is 5.92. The van der Waals surface area contributed by atoms with E-state index in [0.717, 1.165) is 16.8 Å². The van der Waals surface area contributed by atoms with Crippen LogP contribution in [0.4, 0.5) is 10.5 Å². The van der Waals surface area contributed by atoms with E-state index < -0.39 is 0 Å². The zero-order chi connectivity index (χ0) is 11.7. The first-order valence-electron chi connectivity index (χ1n) is 5.37. The molecule has 0 aliphatic carbocycles. The summed E-state index contributed by atoms with van der Waals surface area (Å²) in [5.74, 6) is 0. The highest BCUT2D eigenvalue weighted by atomic mass is 16.6. The lowest BCUT2D eigenvalue weighted by molar-refractivity contribution is 0.179. The maximum atomic E-state index is 11.7. The summed E-state index contributed by atoms with van der Waals surface area (Å²) in [5, 5.41) is 0. The SMILES string of the molecule is Cc1cccc(C)c1N1C(=O)OCC1CN. The van der Waals surface area contributed by atoms with E-state index in [1.54, 1.807) is 4.90 Å². The highest BCUT2D eigenvalue weighted by Crippen LogP contribution is 2.29.